The molecule has 1 N–H and O–H groups in total. The number of rotatable bonds is 6. The molecule has 1 heterocycles. The van der Waals surface area contributed by atoms with Crippen LogP contribution in [0.25, 0.3) is 0 Å². The second kappa shape index (κ2) is 7.80. The monoisotopic (exact) mass is 318 g/mol. The zero-order valence-electron chi connectivity index (χ0n) is 12.7. The van der Waals surface area contributed by atoms with Gasteiger partial charge in [0, 0.05) is 29.9 Å². The molecule has 2 aromatic rings. The van der Waals surface area contributed by atoms with E-state index in [1.165, 1.54) is 0 Å². The van der Waals surface area contributed by atoms with E-state index in [-0.39, 0.29) is 5.91 Å². The summed E-state index contributed by atoms with van der Waals surface area (Å²) in [4.78, 5) is 16.2. The molecule has 0 bridgehead atoms. The average Bonchev–Trinajstić information content (AvgIpc) is 2.51. The Morgan fingerprint density at radius 1 is 1.36 bits per heavy atom. The number of nitrogens with zero attached hydrogens (tertiary/aromatic N) is 1. The maximum absolute atomic E-state index is 12.0. The number of amides is 1. The van der Waals surface area contributed by atoms with Crippen molar-refractivity contribution in [3.8, 4) is 5.75 Å². The second-order valence-corrected chi connectivity index (χ2v) is 5.47. The number of halogens is 1. The van der Waals surface area contributed by atoms with Crippen molar-refractivity contribution in [3.05, 3.63) is 58.9 Å². The molecule has 0 radical (unpaired) electrons. The van der Waals surface area contributed by atoms with E-state index in [4.69, 9.17) is 16.3 Å². The van der Waals surface area contributed by atoms with Crippen LogP contribution in [0.2, 0.25) is 5.02 Å². The van der Waals surface area contributed by atoms with Gasteiger partial charge in [-0.25, -0.2) is 0 Å². The molecule has 1 aromatic heterocycles. The van der Waals surface area contributed by atoms with Crippen molar-refractivity contribution in [2.24, 2.45) is 0 Å². The van der Waals surface area contributed by atoms with Gasteiger partial charge in [-0.3, -0.25) is 9.78 Å². The number of hydrogen-bond acceptors (Lipinski definition) is 3. The Labute approximate surface area is 135 Å². The van der Waals surface area contributed by atoms with Gasteiger partial charge in [0.2, 0.25) is 0 Å². The molecule has 1 aromatic carbocycles. The van der Waals surface area contributed by atoms with Crippen LogP contribution in [0.5, 0.6) is 5.75 Å². The quantitative estimate of drug-likeness (QED) is 0.890. The van der Waals surface area contributed by atoms with Crippen molar-refractivity contribution in [2.75, 3.05) is 6.54 Å². The fraction of sp³-hybridized carbons (Fsp3) is 0.294. The highest BCUT2D eigenvalue weighted by Gasteiger charge is 2.15. The number of benzene rings is 1. The molecule has 1 unspecified atom stereocenters. The second-order valence-electron chi connectivity index (χ2n) is 5.03. The average molecular weight is 319 g/mol. The van der Waals surface area contributed by atoms with E-state index in [1.54, 1.807) is 25.3 Å². The highest BCUT2D eigenvalue weighted by Crippen LogP contribution is 2.22. The van der Waals surface area contributed by atoms with E-state index in [0.29, 0.717) is 23.7 Å². The SMILES string of the molecule is Cc1cc(Cl)ccc1OC(C)C(=O)NCCc1ccccn1. The van der Waals surface area contributed by atoms with Crippen LogP contribution >= 0.6 is 11.6 Å². The lowest BCUT2D eigenvalue weighted by atomic mass is 10.2. The van der Waals surface area contributed by atoms with E-state index >= 15 is 0 Å². The van der Waals surface area contributed by atoms with Gasteiger partial charge in [0.05, 0.1) is 0 Å². The fourth-order valence-corrected chi connectivity index (χ4v) is 2.22. The first-order valence-corrected chi connectivity index (χ1v) is 7.54. The van der Waals surface area contributed by atoms with Gasteiger partial charge in [-0.15, -0.1) is 0 Å². The summed E-state index contributed by atoms with van der Waals surface area (Å²) in [5.41, 5.74) is 1.85. The predicted octanol–water partition coefficient (Wildman–Crippen LogP) is 3.17. The summed E-state index contributed by atoms with van der Waals surface area (Å²) in [7, 11) is 0. The molecule has 0 aliphatic carbocycles. The van der Waals surface area contributed by atoms with E-state index in [2.05, 4.69) is 10.3 Å². The lowest BCUT2D eigenvalue weighted by Gasteiger charge is -2.16. The summed E-state index contributed by atoms with van der Waals surface area (Å²) in [5.74, 6) is 0.516. The molecule has 4 nitrogen and oxygen atoms in total. The molecular weight excluding hydrogens is 300 g/mol. The smallest absolute Gasteiger partial charge is 0.260 e. The number of aryl methyl sites for hydroxylation is 1. The molecule has 116 valence electrons. The third kappa shape index (κ3) is 4.74. The number of pyridine rings is 1. The number of carbonyl (C=O) groups is 1. The van der Waals surface area contributed by atoms with E-state index in [1.807, 2.05) is 31.2 Å². The van der Waals surface area contributed by atoms with Gasteiger partial charge in [0.15, 0.2) is 6.10 Å². The van der Waals surface area contributed by atoms with Crippen molar-refractivity contribution in [1.29, 1.82) is 0 Å². The number of ether oxygens (including phenoxy) is 1. The minimum Gasteiger partial charge on any atom is -0.481 e. The maximum Gasteiger partial charge on any atom is 0.260 e. The van der Waals surface area contributed by atoms with Crippen LogP contribution in [-0.4, -0.2) is 23.5 Å². The Kier molecular flexibility index (Phi) is 5.78. The normalized spacial score (nSPS) is 11.8. The van der Waals surface area contributed by atoms with Crippen LogP contribution in [0.3, 0.4) is 0 Å². The van der Waals surface area contributed by atoms with Gasteiger partial charge in [-0.05, 0) is 49.7 Å². The highest BCUT2D eigenvalue weighted by atomic mass is 35.5. The molecule has 2 rings (SSSR count). The van der Waals surface area contributed by atoms with E-state index < -0.39 is 6.10 Å². The molecule has 0 aliphatic rings. The van der Waals surface area contributed by atoms with Crippen molar-refractivity contribution in [2.45, 2.75) is 26.4 Å². The van der Waals surface area contributed by atoms with Crippen molar-refractivity contribution in [1.82, 2.24) is 10.3 Å². The number of nitrogens with one attached hydrogen (secondary N) is 1. The van der Waals surface area contributed by atoms with Gasteiger partial charge in [0.1, 0.15) is 5.75 Å². The topological polar surface area (TPSA) is 51.2 Å². The largest absolute Gasteiger partial charge is 0.481 e. The van der Waals surface area contributed by atoms with Crippen LogP contribution in [0, 0.1) is 6.92 Å². The van der Waals surface area contributed by atoms with Crippen molar-refractivity contribution < 1.29 is 9.53 Å². The molecule has 5 heteroatoms. The summed E-state index contributed by atoms with van der Waals surface area (Å²) in [6, 6.07) is 11.1. The Morgan fingerprint density at radius 2 is 2.18 bits per heavy atom. The van der Waals surface area contributed by atoms with Crippen LogP contribution in [-0.2, 0) is 11.2 Å². The first kappa shape index (κ1) is 16.3. The zero-order valence-corrected chi connectivity index (χ0v) is 13.4. The molecule has 22 heavy (non-hydrogen) atoms. The lowest BCUT2D eigenvalue weighted by molar-refractivity contribution is -0.127. The van der Waals surface area contributed by atoms with Crippen LogP contribution in [0.1, 0.15) is 18.2 Å². The molecule has 0 fully saturated rings. The summed E-state index contributed by atoms with van der Waals surface area (Å²) >= 11 is 5.90. The molecule has 1 amide bonds. The highest BCUT2D eigenvalue weighted by molar-refractivity contribution is 6.30. The van der Waals surface area contributed by atoms with Crippen LogP contribution in [0.4, 0.5) is 0 Å². The van der Waals surface area contributed by atoms with Crippen LogP contribution < -0.4 is 10.1 Å². The van der Waals surface area contributed by atoms with E-state index in [9.17, 15) is 4.79 Å². The Bertz CT molecular complexity index is 632. The van der Waals surface area contributed by atoms with Crippen molar-refractivity contribution >= 4 is 17.5 Å². The number of hydrogen-bond donors (Lipinski definition) is 1. The van der Waals surface area contributed by atoms with Gasteiger partial charge in [0.25, 0.3) is 5.91 Å². The van der Waals surface area contributed by atoms with Crippen molar-refractivity contribution in [3.63, 3.8) is 0 Å². The third-order valence-corrected chi connectivity index (χ3v) is 3.45. The van der Waals surface area contributed by atoms with Gasteiger partial charge < -0.3 is 10.1 Å². The molecule has 0 saturated heterocycles. The molecule has 0 aliphatic heterocycles. The van der Waals surface area contributed by atoms with Gasteiger partial charge in [-0.1, -0.05) is 17.7 Å². The fourth-order valence-electron chi connectivity index (χ4n) is 1.99. The summed E-state index contributed by atoms with van der Waals surface area (Å²) in [5, 5.41) is 3.50. The summed E-state index contributed by atoms with van der Waals surface area (Å²) in [6.07, 6.45) is 1.87. The maximum atomic E-state index is 12.0. The minimum atomic E-state index is -0.566. The zero-order chi connectivity index (χ0) is 15.9. The minimum absolute atomic E-state index is 0.148. The predicted molar refractivity (Wildman–Crippen MR) is 87.2 cm³/mol. The molecule has 1 atom stereocenters. The van der Waals surface area contributed by atoms with E-state index in [0.717, 1.165) is 11.3 Å². The standard InChI is InChI=1S/C17H19ClN2O2/c1-12-11-14(18)6-7-16(12)22-13(2)17(21)20-10-8-15-5-3-4-9-19-15/h3-7,9,11,13H,8,10H2,1-2H3,(H,20,21). The third-order valence-electron chi connectivity index (χ3n) is 3.22. The summed E-state index contributed by atoms with van der Waals surface area (Å²) < 4.78 is 5.68. The van der Waals surface area contributed by atoms with Crippen LogP contribution in [0.15, 0.2) is 42.6 Å². The summed E-state index contributed by atoms with van der Waals surface area (Å²) in [6.45, 7) is 4.15. The first-order valence-electron chi connectivity index (χ1n) is 7.16. The van der Waals surface area contributed by atoms with Gasteiger partial charge >= 0.3 is 0 Å². The first-order chi connectivity index (χ1) is 10.6. The Hall–Kier alpha value is -2.07. The van der Waals surface area contributed by atoms with Gasteiger partial charge in [-0.2, -0.15) is 0 Å². The lowest BCUT2D eigenvalue weighted by Crippen LogP contribution is -2.37. The molecule has 0 spiro atoms. The molecule has 0 saturated carbocycles. The number of aromatic nitrogens is 1. The Morgan fingerprint density at radius 3 is 2.86 bits per heavy atom. The Balaban J connectivity index is 1.82. The number of carbonyl (C=O) groups excluding carboxylic acids is 1. The molecular formula is C17H19ClN2O2.